The van der Waals surface area contributed by atoms with Crippen molar-refractivity contribution in [1.29, 1.82) is 0 Å². The number of benzene rings is 1. The maximum absolute atomic E-state index is 13.0. The largest absolute Gasteiger partial charge is 0.490 e. The summed E-state index contributed by atoms with van der Waals surface area (Å²) in [6.07, 6.45) is 1.89. The highest BCUT2D eigenvalue weighted by atomic mass is 79.9. The molecule has 2 rings (SSSR count). The normalized spacial score (nSPS) is 11.1. The van der Waals surface area contributed by atoms with Crippen molar-refractivity contribution in [2.24, 2.45) is 0 Å². The molecule has 0 spiro atoms. The van der Waals surface area contributed by atoms with Crippen LogP contribution in [0, 0.1) is 5.82 Å². The summed E-state index contributed by atoms with van der Waals surface area (Å²) >= 11 is 3.26. The van der Waals surface area contributed by atoms with Gasteiger partial charge < -0.3 is 10.1 Å². The van der Waals surface area contributed by atoms with E-state index in [9.17, 15) is 4.39 Å². The monoisotopic (exact) mass is 356 g/mol. The smallest absolute Gasteiger partial charge is 0.133 e. The van der Waals surface area contributed by atoms with E-state index in [2.05, 4.69) is 45.4 Å². The molecular formula is C14H18BrFN4O. The third-order valence-corrected chi connectivity index (χ3v) is 3.37. The summed E-state index contributed by atoms with van der Waals surface area (Å²) in [5.41, 5.74) is 0.895. The van der Waals surface area contributed by atoms with Crippen LogP contribution in [0.2, 0.25) is 0 Å². The van der Waals surface area contributed by atoms with Gasteiger partial charge in [-0.1, -0.05) is 19.1 Å². The molecule has 0 fully saturated rings. The van der Waals surface area contributed by atoms with E-state index in [1.165, 1.54) is 12.1 Å². The van der Waals surface area contributed by atoms with Gasteiger partial charge in [0.05, 0.1) is 16.7 Å². The van der Waals surface area contributed by atoms with E-state index in [-0.39, 0.29) is 5.82 Å². The van der Waals surface area contributed by atoms with E-state index >= 15 is 0 Å². The van der Waals surface area contributed by atoms with E-state index < -0.39 is 0 Å². The topological polar surface area (TPSA) is 52.0 Å². The van der Waals surface area contributed by atoms with Crippen molar-refractivity contribution in [3.05, 3.63) is 40.4 Å². The number of halogens is 2. The van der Waals surface area contributed by atoms with Crippen molar-refractivity contribution < 1.29 is 9.13 Å². The number of hydrogen-bond acceptors (Lipinski definition) is 4. The minimum Gasteiger partial charge on any atom is -0.490 e. The van der Waals surface area contributed by atoms with Crippen LogP contribution in [0.25, 0.3) is 0 Å². The van der Waals surface area contributed by atoms with Crippen molar-refractivity contribution in [1.82, 2.24) is 20.3 Å². The lowest BCUT2D eigenvalue weighted by Gasteiger charge is -2.07. The van der Waals surface area contributed by atoms with E-state index in [4.69, 9.17) is 4.74 Å². The Morgan fingerprint density at radius 1 is 1.43 bits per heavy atom. The molecule has 0 unspecified atom stereocenters. The third kappa shape index (κ3) is 5.09. The predicted octanol–water partition coefficient (Wildman–Crippen LogP) is 2.76. The van der Waals surface area contributed by atoms with Crippen LogP contribution in [0.5, 0.6) is 5.75 Å². The zero-order chi connectivity index (χ0) is 15.2. The molecule has 1 aromatic carbocycles. The summed E-state index contributed by atoms with van der Waals surface area (Å²) in [4.78, 5) is 0. The van der Waals surface area contributed by atoms with Crippen molar-refractivity contribution in [3.8, 4) is 5.75 Å². The van der Waals surface area contributed by atoms with Gasteiger partial charge in [0, 0.05) is 18.8 Å². The van der Waals surface area contributed by atoms with Crippen molar-refractivity contribution in [2.75, 3.05) is 6.61 Å². The minimum atomic E-state index is -0.298. The zero-order valence-corrected chi connectivity index (χ0v) is 13.6. The van der Waals surface area contributed by atoms with Gasteiger partial charge in [-0.2, -0.15) is 0 Å². The molecule has 1 heterocycles. The molecule has 0 bridgehead atoms. The fraction of sp³-hybridized carbons (Fsp3) is 0.429. The van der Waals surface area contributed by atoms with Crippen molar-refractivity contribution in [3.63, 3.8) is 0 Å². The molecule has 0 radical (unpaired) electrons. The Morgan fingerprint density at radius 2 is 2.24 bits per heavy atom. The van der Waals surface area contributed by atoms with E-state index in [1.54, 1.807) is 10.7 Å². The summed E-state index contributed by atoms with van der Waals surface area (Å²) in [7, 11) is 0. The predicted molar refractivity (Wildman–Crippen MR) is 81.6 cm³/mol. The highest BCUT2D eigenvalue weighted by Gasteiger charge is 2.04. The van der Waals surface area contributed by atoms with Crippen LogP contribution in [0.15, 0.2) is 28.9 Å². The highest BCUT2D eigenvalue weighted by Crippen LogP contribution is 2.25. The van der Waals surface area contributed by atoms with Crippen molar-refractivity contribution >= 4 is 15.9 Å². The van der Waals surface area contributed by atoms with Gasteiger partial charge in [-0.3, -0.25) is 0 Å². The Kier molecular flexibility index (Phi) is 5.69. The number of nitrogens with zero attached hydrogens (tertiary/aromatic N) is 3. The molecule has 114 valence electrons. The van der Waals surface area contributed by atoms with Gasteiger partial charge in [0.25, 0.3) is 0 Å². The Labute approximate surface area is 131 Å². The van der Waals surface area contributed by atoms with Gasteiger partial charge in [0.1, 0.15) is 18.2 Å². The minimum absolute atomic E-state index is 0.298. The third-order valence-electron chi connectivity index (χ3n) is 2.75. The zero-order valence-electron chi connectivity index (χ0n) is 12.0. The molecule has 1 aromatic heterocycles. The Bertz CT molecular complexity index is 588. The standard InChI is InChI=1S/C14H18BrFN4O/c1-10(2)17-8-12-9-20(19-18-12)5-6-21-14-4-3-11(16)7-13(14)15/h3-4,7,9-10,17H,5-6,8H2,1-2H3. The van der Waals surface area contributed by atoms with Crippen LogP contribution in [0.1, 0.15) is 19.5 Å². The summed E-state index contributed by atoms with van der Waals surface area (Å²) in [5.74, 6) is 0.311. The molecule has 5 nitrogen and oxygen atoms in total. The molecule has 0 aliphatic carbocycles. The average Bonchev–Trinajstić information content (AvgIpc) is 2.87. The molecule has 0 saturated heterocycles. The summed E-state index contributed by atoms with van der Waals surface area (Å²) in [6.45, 7) is 5.88. The maximum atomic E-state index is 13.0. The van der Waals surface area contributed by atoms with Gasteiger partial charge in [-0.05, 0) is 34.1 Å². The maximum Gasteiger partial charge on any atom is 0.133 e. The van der Waals surface area contributed by atoms with Crippen LogP contribution in [-0.2, 0) is 13.1 Å². The summed E-state index contributed by atoms with van der Waals surface area (Å²) in [6, 6.07) is 4.75. The van der Waals surface area contributed by atoms with Gasteiger partial charge in [-0.15, -0.1) is 5.10 Å². The molecule has 1 N–H and O–H groups in total. The van der Waals surface area contributed by atoms with Crippen LogP contribution < -0.4 is 10.1 Å². The average molecular weight is 357 g/mol. The lowest BCUT2D eigenvalue weighted by Crippen LogP contribution is -2.21. The fourth-order valence-electron chi connectivity index (χ4n) is 1.68. The lowest BCUT2D eigenvalue weighted by molar-refractivity contribution is 0.287. The van der Waals surface area contributed by atoms with Gasteiger partial charge in [0.15, 0.2) is 0 Å². The molecule has 7 heteroatoms. The Balaban J connectivity index is 1.80. The summed E-state index contributed by atoms with van der Waals surface area (Å²) in [5, 5.41) is 11.4. The number of rotatable bonds is 7. The molecule has 0 amide bonds. The van der Waals surface area contributed by atoms with Crippen LogP contribution in [0.4, 0.5) is 4.39 Å². The quantitative estimate of drug-likeness (QED) is 0.828. The van der Waals surface area contributed by atoms with E-state index in [0.29, 0.717) is 36.0 Å². The number of aromatic nitrogens is 3. The first-order valence-electron chi connectivity index (χ1n) is 6.75. The van der Waals surface area contributed by atoms with Crippen molar-refractivity contribution in [2.45, 2.75) is 33.0 Å². The van der Waals surface area contributed by atoms with E-state index in [0.717, 1.165) is 5.69 Å². The van der Waals surface area contributed by atoms with Crippen LogP contribution in [-0.4, -0.2) is 27.6 Å². The highest BCUT2D eigenvalue weighted by molar-refractivity contribution is 9.10. The second kappa shape index (κ2) is 7.51. The molecule has 0 atom stereocenters. The first kappa shape index (κ1) is 15.9. The number of hydrogen-bond donors (Lipinski definition) is 1. The second-order valence-electron chi connectivity index (χ2n) is 4.93. The van der Waals surface area contributed by atoms with Gasteiger partial charge in [-0.25, -0.2) is 9.07 Å². The Morgan fingerprint density at radius 3 is 2.95 bits per heavy atom. The molecule has 21 heavy (non-hydrogen) atoms. The lowest BCUT2D eigenvalue weighted by atomic mass is 10.3. The number of ether oxygens (including phenoxy) is 1. The SMILES string of the molecule is CC(C)NCc1cn(CCOc2ccc(F)cc2Br)nn1. The first-order chi connectivity index (χ1) is 10.0. The second-order valence-corrected chi connectivity index (χ2v) is 5.79. The van der Waals surface area contributed by atoms with Gasteiger partial charge >= 0.3 is 0 Å². The number of nitrogens with one attached hydrogen (secondary N) is 1. The molecule has 2 aromatic rings. The first-order valence-corrected chi connectivity index (χ1v) is 7.54. The molecule has 0 aliphatic rings. The molecule has 0 aliphatic heterocycles. The van der Waals surface area contributed by atoms with Crippen LogP contribution >= 0.6 is 15.9 Å². The molecular weight excluding hydrogens is 339 g/mol. The van der Waals surface area contributed by atoms with E-state index in [1.807, 2.05) is 6.20 Å². The summed E-state index contributed by atoms with van der Waals surface area (Å²) < 4.78 is 20.9. The molecule has 0 saturated carbocycles. The van der Waals surface area contributed by atoms with Crippen LogP contribution in [0.3, 0.4) is 0 Å². The van der Waals surface area contributed by atoms with Gasteiger partial charge in [0.2, 0.25) is 0 Å². The fourth-order valence-corrected chi connectivity index (χ4v) is 2.14. The Hall–Kier alpha value is -1.47.